The molecule has 0 saturated heterocycles. The fourth-order valence-corrected chi connectivity index (χ4v) is 9.28. The lowest BCUT2D eigenvalue weighted by atomic mass is 9.99. The lowest BCUT2D eigenvalue weighted by Crippen LogP contribution is -2.10. The number of furan rings is 1. The minimum Gasteiger partial charge on any atom is -0.455 e. The molecule has 0 amide bonds. The molecule has 11 aromatic rings. The summed E-state index contributed by atoms with van der Waals surface area (Å²) >= 11 is 1.87. The van der Waals surface area contributed by atoms with Crippen molar-refractivity contribution in [2.24, 2.45) is 0 Å². The van der Waals surface area contributed by atoms with E-state index in [1.54, 1.807) is 0 Å². The van der Waals surface area contributed by atoms with Crippen LogP contribution in [0, 0.1) is 0 Å². The highest BCUT2D eigenvalue weighted by Crippen LogP contribution is 2.46. The summed E-state index contributed by atoms with van der Waals surface area (Å²) in [6, 6.07) is 63.8. The Hall–Kier alpha value is -6.42. The van der Waals surface area contributed by atoms with Crippen molar-refractivity contribution in [2.75, 3.05) is 4.90 Å². The van der Waals surface area contributed by atoms with E-state index in [0.717, 1.165) is 44.4 Å². The molecular weight excluding hydrogens is 639 g/mol. The number of fused-ring (bicyclic) bond motifs is 11. The van der Waals surface area contributed by atoms with Gasteiger partial charge in [0.15, 0.2) is 0 Å². The van der Waals surface area contributed by atoms with Gasteiger partial charge in [0.1, 0.15) is 11.2 Å². The highest BCUT2D eigenvalue weighted by Gasteiger charge is 2.21. The second-order valence-corrected chi connectivity index (χ2v) is 14.3. The Kier molecular flexibility index (Phi) is 6.16. The van der Waals surface area contributed by atoms with Gasteiger partial charge in [0.2, 0.25) is 0 Å². The van der Waals surface area contributed by atoms with Crippen LogP contribution in [0.5, 0.6) is 0 Å². The van der Waals surface area contributed by atoms with E-state index in [1.165, 1.54) is 58.2 Å². The van der Waals surface area contributed by atoms with Gasteiger partial charge in [0.05, 0.1) is 11.1 Å². The van der Waals surface area contributed by atoms with Gasteiger partial charge in [-0.2, -0.15) is 0 Å². The average molecular weight is 668 g/mol. The number of hydrogen-bond acceptors (Lipinski definition) is 3. The Morgan fingerprint density at radius 2 is 1.08 bits per heavy atom. The molecule has 0 N–H and O–H groups in total. The quantitative estimate of drug-likeness (QED) is 0.174. The summed E-state index contributed by atoms with van der Waals surface area (Å²) in [5.41, 5.74) is 7.54. The van der Waals surface area contributed by atoms with E-state index in [9.17, 15) is 0 Å². The van der Waals surface area contributed by atoms with Gasteiger partial charge in [-0.05, 0) is 86.6 Å². The summed E-state index contributed by atoms with van der Waals surface area (Å²) < 4.78 is 9.32. The summed E-state index contributed by atoms with van der Waals surface area (Å²) in [6.07, 6.45) is 0. The Labute approximate surface area is 298 Å². The molecule has 0 bridgehead atoms. The third kappa shape index (κ3) is 4.35. The maximum Gasteiger partial charge on any atom is 0.143 e. The van der Waals surface area contributed by atoms with Crippen LogP contribution in [0.15, 0.2) is 180 Å². The summed E-state index contributed by atoms with van der Waals surface area (Å²) in [5, 5.41) is 12.1. The van der Waals surface area contributed by atoms with Crippen molar-refractivity contribution in [3.8, 4) is 11.1 Å². The van der Waals surface area contributed by atoms with Gasteiger partial charge < -0.3 is 9.32 Å². The first-order chi connectivity index (χ1) is 25.3. The molecule has 0 spiro atoms. The SMILES string of the molecule is c1ccc2c(c1)ccc1ccc(N(c3ccc(-c4cccc5c4sc4ccccc45)cc3)c3cccc4oc5c6ccccc6ccc5c34)cc12. The van der Waals surface area contributed by atoms with E-state index >= 15 is 0 Å². The number of rotatable bonds is 4. The number of thiophene rings is 1. The Morgan fingerprint density at radius 1 is 0.431 bits per heavy atom. The first-order valence-corrected chi connectivity index (χ1v) is 18.2. The molecular formula is C48H29NOS. The molecule has 0 aliphatic carbocycles. The Balaban J connectivity index is 1.15. The molecule has 0 aliphatic rings. The number of hydrogen-bond donors (Lipinski definition) is 0. The number of benzene rings is 9. The zero-order chi connectivity index (χ0) is 33.5. The van der Waals surface area contributed by atoms with Crippen molar-refractivity contribution in [3.05, 3.63) is 176 Å². The van der Waals surface area contributed by atoms with Gasteiger partial charge in [0, 0.05) is 42.3 Å². The zero-order valence-corrected chi connectivity index (χ0v) is 28.3. The first kappa shape index (κ1) is 28.4. The van der Waals surface area contributed by atoms with Crippen LogP contribution in [0.1, 0.15) is 0 Å². The monoisotopic (exact) mass is 667 g/mol. The fraction of sp³-hybridized carbons (Fsp3) is 0. The van der Waals surface area contributed by atoms with E-state index < -0.39 is 0 Å². The molecule has 0 unspecified atom stereocenters. The summed E-state index contributed by atoms with van der Waals surface area (Å²) in [4.78, 5) is 2.40. The zero-order valence-electron chi connectivity index (χ0n) is 27.5. The van der Waals surface area contributed by atoms with E-state index in [2.05, 4.69) is 181 Å². The third-order valence-electron chi connectivity index (χ3n) is 10.4. The first-order valence-electron chi connectivity index (χ1n) is 17.3. The molecule has 3 heteroatoms. The Morgan fingerprint density at radius 3 is 1.94 bits per heavy atom. The largest absolute Gasteiger partial charge is 0.455 e. The molecule has 0 aliphatic heterocycles. The van der Waals surface area contributed by atoms with Gasteiger partial charge in [0.25, 0.3) is 0 Å². The molecule has 2 heterocycles. The molecule has 0 saturated carbocycles. The lowest BCUT2D eigenvalue weighted by molar-refractivity contribution is 0.672. The summed E-state index contributed by atoms with van der Waals surface area (Å²) in [7, 11) is 0. The van der Waals surface area contributed by atoms with Crippen LogP contribution in [-0.2, 0) is 0 Å². The van der Waals surface area contributed by atoms with Crippen molar-refractivity contribution in [1.29, 1.82) is 0 Å². The van der Waals surface area contributed by atoms with Gasteiger partial charge in [-0.3, -0.25) is 0 Å². The van der Waals surface area contributed by atoms with Crippen LogP contribution >= 0.6 is 11.3 Å². The average Bonchev–Trinajstić information content (AvgIpc) is 3.78. The second-order valence-electron chi connectivity index (χ2n) is 13.3. The predicted octanol–water partition coefficient (Wildman–Crippen LogP) is 14.6. The van der Waals surface area contributed by atoms with E-state index in [1.807, 2.05) is 11.3 Å². The third-order valence-corrected chi connectivity index (χ3v) is 11.7. The standard InChI is InChI=1S/C48H29NOS/c1-3-11-36-30(9-1)19-20-33-23-27-35(29-42(33)36)49(43-16-8-17-44-46(43)41-28-24-31-10-2-4-12-37(31)47(41)50-44)34-25-21-32(22-26-34)38-14-7-15-40-39-13-5-6-18-45(39)51-48(38)40/h1-29H. The number of anilines is 3. The highest BCUT2D eigenvalue weighted by molar-refractivity contribution is 7.26. The second kappa shape index (κ2) is 11.0. The van der Waals surface area contributed by atoms with Crippen LogP contribution in [0.2, 0.25) is 0 Å². The van der Waals surface area contributed by atoms with Crippen LogP contribution in [-0.4, -0.2) is 0 Å². The summed E-state index contributed by atoms with van der Waals surface area (Å²) in [5.74, 6) is 0. The Bertz CT molecular complexity index is 3150. The minimum atomic E-state index is 0.878. The van der Waals surface area contributed by atoms with Crippen LogP contribution in [0.3, 0.4) is 0 Å². The molecule has 2 aromatic heterocycles. The smallest absolute Gasteiger partial charge is 0.143 e. The highest BCUT2D eigenvalue weighted by atomic mass is 32.1. The van der Waals surface area contributed by atoms with Gasteiger partial charge in [-0.1, -0.05) is 127 Å². The van der Waals surface area contributed by atoms with Crippen molar-refractivity contribution < 1.29 is 4.42 Å². The molecule has 0 fully saturated rings. The fourth-order valence-electron chi connectivity index (χ4n) is 8.04. The molecule has 11 rings (SSSR count). The molecule has 0 atom stereocenters. The topological polar surface area (TPSA) is 16.4 Å². The van der Waals surface area contributed by atoms with E-state index in [4.69, 9.17) is 4.42 Å². The maximum absolute atomic E-state index is 6.67. The predicted molar refractivity (Wildman–Crippen MR) is 219 cm³/mol. The molecule has 238 valence electrons. The van der Waals surface area contributed by atoms with Crippen molar-refractivity contribution in [3.63, 3.8) is 0 Å². The van der Waals surface area contributed by atoms with Crippen molar-refractivity contribution >= 4 is 103 Å². The van der Waals surface area contributed by atoms with Crippen LogP contribution < -0.4 is 4.90 Å². The summed E-state index contributed by atoms with van der Waals surface area (Å²) in [6.45, 7) is 0. The van der Waals surface area contributed by atoms with Crippen molar-refractivity contribution in [2.45, 2.75) is 0 Å². The van der Waals surface area contributed by atoms with E-state index in [-0.39, 0.29) is 0 Å². The van der Waals surface area contributed by atoms with Gasteiger partial charge in [-0.25, -0.2) is 0 Å². The van der Waals surface area contributed by atoms with Gasteiger partial charge in [-0.15, -0.1) is 11.3 Å². The molecule has 0 radical (unpaired) electrons. The minimum absolute atomic E-state index is 0.878. The molecule has 9 aromatic carbocycles. The number of nitrogens with zero attached hydrogens (tertiary/aromatic N) is 1. The van der Waals surface area contributed by atoms with Gasteiger partial charge >= 0.3 is 0 Å². The molecule has 2 nitrogen and oxygen atoms in total. The molecule has 51 heavy (non-hydrogen) atoms. The van der Waals surface area contributed by atoms with Crippen LogP contribution in [0.4, 0.5) is 17.1 Å². The van der Waals surface area contributed by atoms with Crippen LogP contribution in [0.25, 0.3) is 85.6 Å². The van der Waals surface area contributed by atoms with Crippen molar-refractivity contribution in [1.82, 2.24) is 0 Å². The lowest BCUT2D eigenvalue weighted by Gasteiger charge is -2.27. The normalized spacial score (nSPS) is 11.9. The van der Waals surface area contributed by atoms with E-state index in [0.29, 0.717) is 0 Å². The maximum atomic E-state index is 6.67.